The van der Waals surface area contributed by atoms with E-state index in [0.29, 0.717) is 0 Å². The minimum atomic E-state index is -0.0686. The predicted octanol–water partition coefficient (Wildman–Crippen LogP) is 5.45. The number of carbonyl (C=O) groups is 1. The molecule has 0 saturated heterocycles. The topological polar surface area (TPSA) is 59.8 Å². The largest absolute Gasteiger partial charge is 0.321 e. The van der Waals surface area contributed by atoms with E-state index in [1.54, 1.807) is 0 Å². The van der Waals surface area contributed by atoms with Gasteiger partial charge >= 0.3 is 0 Å². The molecule has 0 atom stereocenters. The van der Waals surface area contributed by atoms with E-state index in [0.717, 1.165) is 62.8 Å². The van der Waals surface area contributed by atoms with Crippen molar-refractivity contribution in [2.45, 2.75) is 39.2 Å². The molecule has 1 aliphatic rings. The van der Waals surface area contributed by atoms with Crippen LogP contribution in [0.15, 0.2) is 48.5 Å². The number of aromatic nitrogens is 3. The van der Waals surface area contributed by atoms with Crippen LogP contribution in [0.5, 0.6) is 0 Å². The molecule has 2 aromatic heterocycles. The number of nitrogens with zero attached hydrogens (tertiary/aromatic N) is 3. The number of fused-ring (bicyclic) bond motifs is 2. The lowest BCUT2D eigenvalue weighted by Gasteiger charge is -2.09. The highest BCUT2D eigenvalue weighted by atomic mass is 32.1. The Kier molecular flexibility index (Phi) is 4.64. The van der Waals surface area contributed by atoms with Crippen molar-refractivity contribution < 1.29 is 4.79 Å². The van der Waals surface area contributed by atoms with Gasteiger partial charge in [0.15, 0.2) is 5.82 Å². The number of rotatable bonds is 3. The normalized spacial score (nSPS) is 13.8. The van der Waals surface area contributed by atoms with Gasteiger partial charge in [-0.2, -0.15) is 0 Å². The lowest BCUT2D eigenvalue weighted by atomic mass is 10.1. The Bertz CT molecular complexity index is 1210. The van der Waals surface area contributed by atoms with Gasteiger partial charge in [-0.05, 0) is 48.9 Å². The highest BCUT2D eigenvalue weighted by molar-refractivity contribution is 7.21. The summed E-state index contributed by atoms with van der Waals surface area (Å²) in [7, 11) is 0. The van der Waals surface area contributed by atoms with Gasteiger partial charge in [0, 0.05) is 28.9 Å². The number of benzene rings is 2. The van der Waals surface area contributed by atoms with Gasteiger partial charge < -0.3 is 9.88 Å². The summed E-state index contributed by atoms with van der Waals surface area (Å²) in [5.74, 6) is 1.88. The Morgan fingerprint density at radius 1 is 1.07 bits per heavy atom. The summed E-state index contributed by atoms with van der Waals surface area (Å²) in [6.07, 6.45) is 4.53. The van der Waals surface area contributed by atoms with E-state index in [1.807, 2.05) is 43.3 Å². The van der Waals surface area contributed by atoms with Crippen molar-refractivity contribution in [2.75, 3.05) is 5.32 Å². The Labute approximate surface area is 173 Å². The summed E-state index contributed by atoms with van der Waals surface area (Å²) in [5.41, 5.74) is 2.79. The van der Waals surface area contributed by atoms with Crippen LogP contribution in [0.1, 0.15) is 40.3 Å². The Hall–Kier alpha value is -2.99. The number of nitrogens with one attached hydrogen (secondary N) is 1. The lowest BCUT2D eigenvalue weighted by molar-refractivity contribution is 0.103. The summed E-state index contributed by atoms with van der Waals surface area (Å²) in [6, 6.07) is 16.0. The van der Waals surface area contributed by atoms with Crippen LogP contribution in [0.4, 0.5) is 5.69 Å². The smallest absolute Gasteiger partial charge is 0.266 e. The van der Waals surface area contributed by atoms with Gasteiger partial charge in [-0.3, -0.25) is 4.79 Å². The Morgan fingerprint density at radius 3 is 2.86 bits per heavy atom. The summed E-state index contributed by atoms with van der Waals surface area (Å²) >= 11 is 1.54. The molecular formula is C23H22N4OS. The van der Waals surface area contributed by atoms with Crippen LogP contribution in [0, 0.1) is 6.92 Å². The molecule has 0 fully saturated rings. The van der Waals surface area contributed by atoms with E-state index in [2.05, 4.69) is 32.2 Å². The monoisotopic (exact) mass is 402 g/mol. The number of anilines is 1. The zero-order chi connectivity index (χ0) is 19.8. The molecule has 2 aromatic carbocycles. The first kappa shape index (κ1) is 18.1. The molecule has 1 N–H and O–H groups in total. The van der Waals surface area contributed by atoms with Crippen molar-refractivity contribution in [1.29, 1.82) is 0 Å². The van der Waals surface area contributed by atoms with Gasteiger partial charge in [0.1, 0.15) is 5.82 Å². The molecule has 0 spiro atoms. The van der Waals surface area contributed by atoms with Gasteiger partial charge in [0.05, 0.1) is 4.88 Å². The fourth-order valence-corrected chi connectivity index (χ4v) is 5.12. The Morgan fingerprint density at radius 2 is 1.97 bits per heavy atom. The van der Waals surface area contributed by atoms with Crippen molar-refractivity contribution in [2.24, 2.45) is 0 Å². The second-order valence-corrected chi connectivity index (χ2v) is 8.54. The van der Waals surface area contributed by atoms with Crippen LogP contribution >= 0.6 is 11.3 Å². The first-order valence-electron chi connectivity index (χ1n) is 10.0. The summed E-state index contributed by atoms with van der Waals surface area (Å²) in [6.45, 7) is 2.96. The minimum absolute atomic E-state index is 0.0686. The predicted molar refractivity (Wildman–Crippen MR) is 118 cm³/mol. The second-order valence-electron chi connectivity index (χ2n) is 7.49. The number of amides is 1. The van der Waals surface area contributed by atoms with E-state index in [1.165, 1.54) is 24.2 Å². The maximum Gasteiger partial charge on any atom is 0.266 e. The van der Waals surface area contributed by atoms with Crippen molar-refractivity contribution >= 4 is 33.0 Å². The minimum Gasteiger partial charge on any atom is -0.321 e. The molecule has 5 rings (SSSR count). The summed E-state index contributed by atoms with van der Waals surface area (Å²) < 4.78 is 3.36. The molecule has 146 valence electrons. The molecule has 4 aromatic rings. The second kappa shape index (κ2) is 7.44. The summed E-state index contributed by atoms with van der Waals surface area (Å²) in [4.78, 5) is 13.7. The first-order chi connectivity index (χ1) is 14.2. The van der Waals surface area contributed by atoms with Crippen molar-refractivity contribution in [1.82, 2.24) is 14.8 Å². The third-order valence-electron chi connectivity index (χ3n) is 5.54. The zero-order valence-corrected chi connectivity index (χ0v) is 17.1. The van der Waals surface area contributed by atoms with E-state index >= 15 is 0 Å². The average Bonchev–Trinajstić information content (AvgIpc) is 3.21. The third-order valence-corrected chi connectivity index (χ3v) is 6.81. The standard InChI is InChI=1S/C23H22N4OS/c1-15-18-10-4-5-11-19(18)29-21(15)23(28)24-17-9-7-8-16(14-17)22-26-25-20-12-3-2-6-13-27(20)22/h4-5,7-11,14H,2-3,6,12-13H2,1H3,(H,24,28). The fourth-order valence-electron chi connectivity index (χ4n) is 4.01. The van der Waals surface area contributed by atoms with Crippen LogP contribution in [0.3, 0.4) is 0 Å². The molecule has 0 unspecified atom stereocenters. The van der Waals surface area contributed by atoms with Crippen LogP contribution in [0.2, 0.25) is 0 Å². The number of hydrogen-bond acceptors (Lipinski definition) is 4. The van der Waals surface area contributed by atoms with Gasteiger partial charge in [-0.25, -0.2) is 0 Å². The molecule has 1 amide bonds. The maximum absolute atomic E-state index is 12.9. The average molecular weight is 403 g/mol. The van der Waals surface area contributed by atoms with Crippen molar-refractivity contribution in [3.8, 4) is 11.4 Å². The van der Waals surface area contributed by atoms with Crippen LogP contribution < -0.4 is 5.32 Å². The van der Waals surface area contributed by atoms with E-state index in [9.17, 15) is 4.79 Å². The zero-order valence-electron chi connectivity index (χ0n) is 16.3. The number of thiophene rings is 1. The van der Waals surface area contributed by atoms with Crippen molar-refractivity contribution in [3.63, 3.8) is 0 Å². The van der Waals surface area contributed by atoms with Gasteiger partial charge in [0.2, 0.25) is 0 Å². The third kappa shape index (κ3) is 3.34. The first-order valence-corrected chi connectivity index (χ1v) is 10.8. The van der Waals surface area contributed by atoms with Gasteiger partial charge in [-0.1, -0.05) is 36.8 Å². The van der Waals surface area contributed by atoms with Gasteiger partial charge in [-0.15, -0.1) is 21.5 Å². The van der Waals surface area contributed by atoms with Crippen LogP contribution in [-0.2, 0) is 13.0 Å². The number of aryl methyl sites for hydroxylation is 2. The molecular weight excluding hydrogens is 380 g/mol. The summed E-state index contributed by atoms with van der Waals surface area (Å²) in [5, 5.41) is 13.0. The van der Waals surface area contributed by atoms with E-state index < -0.39 is 0 Å². The molecule has 5 nitrogen and oxygen atoms in total. The van der Waals surface area contributed by atoms with Crippen molar-refractivity contribution in [3.05, 3.63) is 64.8 Å². The fraction of sp³-hybridized carbons (Fsp3) is 0.261. The molecule has 0 aliphatic carbocycles. The maximum atomic E-state index is 12.9. The molecule has 6 heteroatoms. The molecule has 0 bridgehead atoms. The van der Waals surface area contributed by atoms with Gasteiger partial charge in [0.25, 0.3) is 5.91 Å². The van der Waals surface area contributed by atoms with Crippen LogP contribution in [-0.4, -0.2) is 20.7 Å². The molecule has 0 saturated carbocycles. The molecule has 3 heterocycles. The quantitative estimate of drug-likeness (QED) is 0.496. The van der Waals surface area contributed by atoms with Crippen LogP contribution in [0.25, 0.3) is 21.5 Å². The number of carbonyl (C=O) groups excluding carboxylic acids is 1. The molecule has 29 heavy (non-hydrogen) atoms. The highest BCUT2D eigenvalue weighted by Gasteiger charge is 2.18. The number of hydrogen-bond donors (Lipinski definition) is 1. The molecule has 0 radical (unpaired) electrons. The van der Waals surface area contributed by atoms with E-state index in [4.69, 9.17) is 0 Å². The lowest BCUT2D eigenvalue weighted by Crippen LogP contribution is -2.11. The molecule has 1 aliphatic heterocycles. The SMILES string of the molecule is Cc1c(C(=O)Nc2cccc(-c3nnc4n3CCCCC4)c2)sc2ccccc12. The Balaban J connectivity index is 1.44. The highest BCUT2D eigenvalue weighted by Crippen LogP contribution is 2.31. The van der Waals surface area contributed by atoms with E-state index in [-0.39, 0.29) is 5.91 Å².